The third-order valence-corrected chi connectivity index (χ3v) is 5.53. The van der Waals surface area contributed by atoms with E-state index >= 15 is 0 Å². The van der Waals surface area contributed by atoms with Crippen LogP contribution in [0.1, 0.15) is 33.8 Å². The van der Waals surface area contributed by atoms with Crippen LogP contribution in [0.2, 0.25) is 0 Å². The van der Waals surface area contributed by atoms with Gasteiger partial charge in [-0.2, -0.15) is 0 Å². The molecule has 25 heavy (non-hydrogen) atoms. The summed E-state index contributed by atoms with van der Waals surface area (Å²) in [4.78, 5) is 31.0. The Labute approximate surface area is 151 Å². The highest BCUT2D eigenvalue weighted by Gasteiger charge is 2.33. The standard InChI is InChI=1S/C18H21N4O2S/c1-3-12-6-8-13(9-7-12)21-17(24)14-5-4-10-22(14)18-20-11(2)15(25-18)16(19)23/h6-9,14H,1,3-5,10H2,2H3,(H2,19,23)(H,21,24)/t14-/m0/s1. The molecule has 1 aliphatic heterocycles. The molecule has 1 atom stereocenters. The molecule has 1 radical (unpaired) electrons. The largest absolute Gasteiger partial charge is 0.365 e. The molecule has 0 bridgehead atoms. The zero-order valence-electron chi connectivity index (χ0n) is 14.1. The highest BCUT2D eigenvalue weighted by Crippen LogP contribution is 2.32. The number of amides is 2. The van der Waals surface area contributed by atoms with Gasteiger partial charge in [0.25, 0.3) is 5.91 Å². The lowest BCUT2D eigenvalue weighted by atomic mass is 10.1. The summed E-state index contributed by atoms with van der Waals surface area (Å²) < 4.78 is 0. The van der Waals surface area contributed by atoms with E-state index in [-0.39, 0.29) is 11.9 Å². The lowest BCUT2D eigenvalue weighted by molar-refractivity contribution is -0.117. The normalized spacial score (nSPS) is 16.9. The molecule has 3 N–H and O–H groups in total. The van der Waals surface area contributed by atoms with Gasteiger partial charge in [0.15, 0.2) is 5.13 Å². The van der Waals surface area contributed by atoms with Crippen LogP contribution in [0, 0.1) is 13.8 Å². The number of thiazole rings is 1. The minimum atomic E-state index is -0.480. The second-order valence-corrected chi connectivity index (χ2v) is 7.04. The Kier molecular flexibility index (Phi) is 5.03. The zero-order valence-corrected chi connectivity index (χ0v) is 14.9. The molecule has 1 aromatic heterocycles. The molecule has 2 aromatic rings. The second kappa shape index (κ2) is 7.23. The van der Waals surface area contributed by atoms with Crippen LogP contribution in [0.3, 0.4) is 0 Å². The number of rotatable bonds is 5. The first-order valence-electron chi connectivity index (χ1n) is 8.22. The molecule has 1 aromatic carbocycles. The summed E-state index contributed by atoms with van der Waals surface area (Å²) in [6.07, 6.45) is 2.38. The number of nitrogens with two attached hydrogens (primary N) is 1. The second-order valence-electron chi connectivity index (χ2n) is 6.06. The van der Waals surface area contributed by atoms with Crippen LogP contribution in [-0.2, 0) is 11.2 Å². The Hall–Kier alpha value is -2.41. The first kappa shape index (κ1) is 17.4. The summed E-state index contributed by atoms with van der Waals surface area (Å²) in [6.45, 7) is 6.34. The molecular weight excluding hydrogens is 336 g/mol. The Morgan fingerprint density at radius 2 is 2.12 bits per heavy atom. The molecule has 131 valence electrons. The molecule has 1 aliphatic rings. The highest BCUT2D eigenvalue weighted by atomic mass is 32.1. The zero-order chi connectivity index (χ0) is 18.0. The van der Waals surface area contributed by atoms with Gasteiger partial charge in [0.1, 0.15) is 10.9 Å². The maximum atomic E-state index is 12.7. The maximum Gasteiger partial charge on any atom is 0.260 e. The molecule has 7 heteroatoms. The number of carbonyl (C=O) groups excluding carboxylic acids is 2. The predicted molar refractivity (Wildman–Crippen MR) is 99.9 cm³/mol. The summed E-state index contributed by atoms with van der Waals surface area (Å²) in [5, 5.41) is 3.64. The topological polar surface area (TPSA) is 88.3 Å². The van der Waals surface area contributed by atoms with Crippen molar-refractivity contribution in [2.45, 2.75) is 32.2 Å². The van der Waals surface area contributed by atoms with Gasteiger partial charge in [-0.3, -0.25) is 9.59 Å². The Morgan fingerprint density at radius 3 is 2.72 bits per heavy atom. The van der Waals surface area contributed by atoms with Gasteiger partial charge in [-0.25, -0.2) is 4.98 Å². The van der Waals surface area contributed by atoms with Crippen molar-refractivity contribution < 1.29 is 9.59 Å². The molecular formula is C18H21N4O2S. The average molecular weight is 357 g/mol. The smallest absolute Gasteiger partial charge is 0.260 e. The molecule has 6 nitrogen and oxygen atoms in total. The number of hydrogen-bond donors (Lipinski definition) is 2. The van der Waals surface area contributed by atoms with E-state index in [1.807, 2.05) is 29.2 Å². The van der Waals surface area contributed by atoms with Crippen LogP contribution >= 0.6 is 11.3 Å². The first-order valence-corrected chi connectivity index (χ1v) is 9.04. The third-order valence-electron chi connectivity index (χ3n) is 4.32. The van der Waals surface area contributed by atoms with Crippen LogP contribution in [0.15, 0.2) is 24.3 Å². The van der Waals surface area contributed by atoms with E-state index in [9.17, 15) is 9.59 Å². The number of hydrogen-bond acceptors (Lipinski definition) is 5. The molecule has 2 heterocycles. The van der Waals surface area contributed by atoms with Gasteiger partial charge in [-0.15, -0.1) is 0 Å². The van der Waals surface area contributed by atoms with E-state index in [0.29, 0.717) is 15.7 Å². The molecule has 0 unspecified atom stereocenters. The molecule has 3 rings (SSSR count). The van der Waals surface area contributed by atoms with Crippen molar-refractivity contribution in [2.24, 2.45) is 5.73 Å². The van der Waals surface area contributed by atoms with Crippen LogP contribution in [0.25, 0.3) is 0 Å². The highest BCUT2D eigenvalue weighted by molar-refractivity contribution is 7.17. The minimum Gasteiger partial charge on any atom is -0.365 e. The van der Waals surface area contributed by atoms with E-state index in [4.69, 9.17) is 5.73 Å². The SMILES string of the molecule is [CH2]Cc1ccc(NC(=O)[C@@H]2CCCN2c2nc(C)c(C(N)=O)s2)cc1. The first-order chi connectivity index (χ1) is 12.0. The van der Waals surface area contributed by atoms with Crippen molar-refractivity contribution in [3.8, 4) is 0 Å². The van der Waals surface area contributed by atoms with Crippen LogP contribution in [0.4, 0.5) is 10.8 Å². The van der Waals surface area contributed by atoms with Gasteiger partial charge in [0.05, 0.1) is 5.69 Å². The fourth-order valence-corrected chi connectivity index (χ4v) is 3.98. The van der Waals surface area contributed by atoms with Crippen molar-refractivity contribution in [2.75, 3.05) is 16.8 Å². The van der Waals surface area contributed by atoms with Crippen LogP contribution in [-0.4, -0.2) is 29.4 Å². The molecule has 0 aliphatic carbocycles. The number of aryl methyl sites for hydroxylation is 1. The number of primary amides is 1. The number of aromatic nitrogens is 1. The monoisotopic (exact) mass is 357 g/mol. The number of benzene rings is 1. The lowest BCUT2D eigenvalue weighted by Crippen LogP contribution is -2.39. The van der Waals surface area contributed by atoms with Gasteiger partial charge >= 0.3 is 0 Å². The predicted octanol–water partition coefficient (Wildman–Crippen LogP) is 2.53. The van der Waals surface area contributed by atoms with E-state index < -0.39 is 5.91 Å². The lowest BCUT2D eigenvalue weighted by Gasteiger charge is -2.23. The number of nitrogens with one attached hydrogen (secondary N) is 1. The Bertz CT molecular complexity index is 785. The van der Waals surface area contributed by atoms with Crippen LogP contribution < -0.4 is 16.0 Å². The van der Waals surface area contributed by atoms with E-state index in [1.165, 1.54) is 11.3 Å². The quantitative estimate of drug-likeness (QED) is 0.861. The van der Waals surface area contributed by atoms with Gasteiger partial charge in [0, 0.05) is 12.2 Å². The van der Waals surface area contributed by atoms with E-state index in [1.54, 1.807) is 6.92 Å². The fourth-order valence-electron chi connectivity index (χ4n) is 2.98. The fraction of sp³-hybridized carbons (Fsp3) is 0.333. The molecule has 1 saturated heterocycles. The van der Waals surface area contributed by atoms with Crippen molar-refractivity contribution in [1.82, 2.24) is 4.98 Å². The Morgan fingerprint density at radius 1 is 1.40 bits per heavy atom. The van der Waals surface area contributed by atoms with Crippen molar-refractivity contribution >= 4 is 34.0 Å². The molecule has 2 amide bonds. The maximum absolute atomic E-state index is 12.7. The van der Waals surface area contributed by atoms with Crippen molar-refractivity contribution in [3.05, 3.63) is 47.3 Å². The van der Waals surface area contributed by atoms with E-state index in [2.05, 4.69) is 17.2 Å². The Balaban J connectivity index is 1.75. The average Bonchev–Trinajstić information content (AvgIpc) is 3.21. The van der Waals surface area contributed by atoms with Gasteiger partial charge < -0.3 is 16.0 Å². The molecule has 0 saturated carbocycles. The molecule has 1 fully saturated rings. The summed E-state index contributed by atoms with van der Waals surface area (Å²) in [7, 11) is 0. The number of nitrogens with zero attached hydrogens (tertiary/aromatic N) is 2. The number of carbonyl (C=O) groups is 2. The van der Waals surface area contributed by atoms with Gasteiger partial charge in [-0.1, -0.05) is 23.5 Å². The van der Waals surface area contributed by atoms with E-state index in [0.717, 1.165) is 37.1 Å². The van der Waals surface area contributed by atoms with Crippen LogP contribution in [0.5, 0.6) is 0 Å². The summed E-state index contributed by atoms with van der Waals surface area (Å²) in [5.74, 6) is -0.541. The summed E-state index contributed by atoms with van der Waals surface area (Å²) in [6, 6.07) is 7.39. The van der Waals surface area contributed by atoms with Gasteiger partial charge in [-0.05, 0) is 50.8 Å². The summed E-state index contributed by atoms with van der Waals surface area (Å²) >= 11 is 1.25. The third kappa shape index (κ3) is 3.66. The minimum absolute atomic E-state index is 0.0617. The number of anilines is 2. The van der Waals surface area contributed by atoms with Crippen molar-refractivity contribution in [1.29, 1.82) is 0 Å². The van der Waals surface area contributed by atoms with Crippen molar-refractivity contribution in [3.63, 3.8) is 0 Å². The summed E-state index contributed by atoms with van der Waals surface area (Å²) in [5.41, 5.74) is 7.88. The molecule has 0 spiro atoms. The van der Waals surface area contributed by atoms with Gasteiger partial charge in [0.2, 0.25) is 5.91 Å².